The minimum atomic E-state index is -0.616. The first kappa shape index (κ1) is 17.9. The van der Waals surface area contributed by atoms with Crippen molar-refractivity contribution in [3.8, 4) is 11.9 Å². The maximum atomic E-state index is 13.0. The van der Waals surface area contributed by atoms with Gasteiger partial charge in [0.15, 0.2) is 4.47 Å². The number of nitrogens with zero attached hydrogens (tertiary/aromatic N) is 5. The number of nitrogens with one attached hydrogen (secondary N) is 1. The standard InChI is InChI=1S/C18H11ClN6O2S/c19-18-22-9-12(28-18)10-25-14-3-1-2-6-24(14)15(17(25)27)16(26)23-13-7-11(8-20)4-5-21-13/h1-7,9H,10H2,(H-,21,23,26,27). The second-order valence-corrected chi connectivity index (χ2v) is 7.44. The Balaban J connectivity index is 1.75. The molecule has 0 spiro atoms. The van der Waals surface area contributed by atoms with Crippen LogP contribution in [-0.4, -0.2) is 20.3 Å². The van der Waals surface area contributed by atoms with E-state index in [-0.39, 0.29) is 18.1 Å². The van der Waals surface area contributed by atoms with Crippen molar-refractivity contribution >= 4 is 40.3 Å². The van der Waals surface area contributed by atoms with Crippen molar-refractivity contribution in [3.05, 3.63) is 69.5 Å². The Labute approximate surface area is 167 Å². The quantitative estimate of drug-likeness (QED) is 0.517. The number of anilines is 1. The summed E-state index contributed by atoms with van der Waals surface area (Å²) in [6.45, 7) is 0.242. The van der Waals surface area contributed by atoms with Gasteiger partial charge in [-0.05, 0) is 18.2 Å². The van der Waals surface area contributed by atoms with Gasteiger partial charge in [0.05, 0.1) is 22.7 Å². The summed E-state index contributed by atoms with van der Waals surface area (Å²) in [7, 11) is 0. The Bertz CT molecular complexity index is 1240. The van der Waals surface area contributed by atoms with Gasteiger partial charge in [-0.2, -0.15) is 9.66 Å². The third-order valence-corrected chi connectivity index (χ3v) is 5.09. The molecule has 10 heteroatoms. The lowest BCUT2D eigenvalue weighted by molar-refractivity contribution is -0.704. The number of imidazole rings is 1. The summed E-state index contributed by atoms with van der Waals surface area (Å²) in [5, 5.41) is 24.6. The maximum absolute atomic E-state index is 13.0. The predicted molar refractivity (Wildman–Crippen MR) is 100 cm³/mol. The van der Waals surface area contributed by atoms with E-state index in [0.717, 1.165) is 4.88 Å². The van der Waals surface area contributed by atoms with Crippen LogP contribution in [0.5, 0.6) is 5.88 Å². The van der Waals surface area contributed by atoms with Crippen LogP contribution < -0.4 is 15.0 Å². The van der Waals surface area contributed by atoms with Gasteiger partial charge >= 0.3 is 0 Å². The number of nitriles is 1. The number of carbonyl (C=O) groups is 1. The summed E-state index contributed by atoms with van der Waals surface area (Å²) in [6, 6.07) is 10.2. The van der Waals surface area contributed by atoms with E-state index >= 15 is 0 Å². The number of hydrogen-bond acceptors (Lipinski definition) is 6. The van der Waals surface area contributed by atoms with Crippen LogP contribution >= 0.6 is 22.9 Å². The van der Waals surface area contributed by atoms with E-state index in [1.165, 1.54) is 38.6 Å². The molecule has 0 bridgehead atoms. The molecule has 28 heavy (non-hydrogen) atoms. The zero-order valence-corrected chi connectivity index (χ0v) is 15.7. The summed E-state index contributed by atoms with van der Waals surface area (Å²) in [5.41, 5.74) is 0.848. The van der Waals surface area contributed by atoms with Crippen LogP contribution in [0.4, 0.5) is 5.82 Å². The lowest BCUT2D eigenvalue weighted by atomic mass is 10.3. The molecule has 138 valence electrons. The lowest BCUT2D eigenvalue weighted by Crippen LogP contribution is -2.36. The third kappa shape index (κ3) is 3.26. The van der Waals surface area contributed by atoms with E-state index in [1.807, 2.05) is 6.07 Å². The van der Waals surface area contributed by atoms with Gasteiger partial charge in [0.1, 0.15) is 18.2 Å². The van der Waals surface area contributed by atoms with Crippen molar-refractivity contribution in [1.82, 2.24) is 14.4 Å². The number of rotatable bonds is 4. The molecule has 0 radical (unpaired) electrons. The normalized spacial score (nSPS) is 10.7. The zero-order valence-electron chi connectivity index (χ0n) is 14.2. The van der Waals surface area contributed by atoms with Crippen LogP contribution in [0.25, 0.3) is 5.65 Å². The molecule has 4 rings (SSSR count). The molecule has 0 saturated heterocycles. The van der Waals surface area contributed by atoms with Gasteiger partial charge in [0, 0.05) is 18.5 Å². The van der Waals surface area contributed by atoms with Crippen molar-refractivity contribution in [2.45, 2.75) is 6.54 Å². The van der Waals surface area contributed by atoms with Gasteiger partial charge < -0.3 is 10.4 Å². The van der Waals surface area contributed by atoms with Crippen LogP contribution in [0, 0.1) is 11.3 Å². The Morgan fingerprint density at radius 3 is 3.00 bits per heavy atom. The summed E-state index contributed by atoms with van der Waals surface area (Å²) < 4.78 is 3.39. The smallest absolute Gasteiger partial charge is 0.300 e. The number of halogens is 1. The average molecular weight is 411 g/mol. The molecule has 1 amide bonds. The Hall–Kier alpha value is -3.48. The summed E-state index contributed by atoms with van der Waals surface area (Å²) in [4.78, 5) is 21.6. The topological polar surface area (TPSA) is 110 Å². The molecule has 0 aliphatic heterocycles. The van der Waals surface area contributed by atoms with E-state index in [9.17, 15) is 9.90 Å². The minimum Gasteiger partial charge on any atom is -0.839 e. The molecule has 8 nitrogen and oxygen atoms in total. The van der Waals surface area contributed by atoms with Gasteiger partial charge in [-0.1, -0.05) is 17.7 Å². The third-order valence-electron chi connectivity index (χ3n) is 3.99. The molecule has 0 fully saturated rings. The molecule has 0 aromatic carbocycles. The largest absolute Gasteiger partial charge is 0.839 e. The highest BCUT2D eigenvalue weighted by atomic mass is 35.5. The highest BCUT2D eigenvalue weighted by molar-refractivity contribution is 7.15. The van der Waals surface area contributed by atoms with Gasteiger partial charge in [0.2, 0.25) is 5.69 Å². The van der Waals surface area contributed by atoms with Crippen molar-refractivity contribution in [2.75, 3.05) is 5.32 Å². The molecule has 0 unspecified atom stereocenters. The van der Waals surface area contributed by atoms with Gasteiger partial charge in [0.25, 0.3) is 11.6 Å². The fourth-order valence-corrected chi connectivity index (χ4v) is 3.76. The fraction of sp³-hybridized carbons (Fsp3) is 0.0556. The SMILES string of the molecule is N#Cc1ccnc(NC(=O)c2c([O-])[n+](Cc3cnc(Cl)s3)c3ccccn23)c1. The first-order chi connectivity index (χ1) is 13.6. The van der Waals surface area contributed by atoms with Crippen molar-refractivity contribution in [3.63, 3.8) is 0 Å². The number of hydrogen-bond donors (Lipinski definition) is 1. The molecule has 0 aliphatic rings. The first-order valence-corrected chi connectivity index (χ1v) is 9.24. The van der Waals surface area contributed by atoms with Gasteiger partial charge in [-0.3, -0.25) is 4.79 Å². The van der Waals surface area contributed by atoms with Gasteiger partial charge in [-0.15, -0.1) is 11.3 Å². The summed E-state index contributed by atoms with van der Waals surface area (Å²) in [6.07, 6.45) is 4.65. The molecular weight excluding hydrogens is 400 g/mol. The monoisotopic (exact) mass is 410 g/mol. The highest BCUT2D eigenvalue weighted by Gasteiger charge is 2.26. The van der Waals surface area contributed by atoms with E-state index in [2.05, 4.69) is 15.3 Å². The van der Waals surface area contributed by atoms with Gasteiger partial charge in [-0.25, -0.2) is 14.5 Å². The summed E-state index contributed by atoms with van der Waals surface area (Å²) >= 11 is 7.14. The van der Waals surface area contributed by atoms with Crippen LogP contribution in [0.3, 0.4) is 0 Å². The molecule has 0 aliphatic carbocycles. The Kier molecular flexibility index (Phi) is 4.65. The first-order valence-electron chi connectivity index (χ1n) is 8.04. The van der Waals surface area contributed by atoms with E-state index in [1.54, 1.807) is 30.6 Å². The van der Waals surface area contributed by atoms with E-state index < -0.39 is 11.8 Å². The highest BCUT2D eigenvalue weighted by Crippen LogP contribution is 2.21. The summed E-state index contributed by atoms with van der Waals surface area (Å²) in [5.74, 6) is -0.880. The van der Waals surface area contributed by atoms with E-state index in [4.69, 9.17) is 16.9 Å². The second-order valence-electron chi connectivity index (χ2n) is 5.74. The number of fused-ring (bicyclic) bond motifs is 1. The number of carbonyl (C=O) groups excluding carboxylic acids is 1. The van der Waals surface area contributed by atoms with Crippen molar-refractivity contribution in [1.29, 1.82) is 5.26 Å². The molecule has 4 aromatic heterocycles. The maximum Gasteiger partial charge on any atom is 0.300 e. The van der Waals surface area contributed by atoms with Crippen LogP contribution in [0.15, 0.2) is 48.9 Å². The minimum absolute atomic E-state index is 0.0598. The molecule has 1 N–H and O–H groups in total. The number of aromatic nitrogens is 4. The Morgan fingerprint density at radius 1 is 1.39 bits per heavy atom. The molecular formula is C18H11ClN6O2S. The molecule has 4 aromatic rings. The van der Waals surface area contributed by atoms with Crippen LogP contribution in [0.2, 0.25) is 4.47 Å². The molecule has 0 saturated carbocycles. The number of thiazole rings is 1. The van der Waals surface area contributed by atoms with E-state index in [0.29, 0.717) is 15.7 Å². The lowest BCUT2D eigenvalue weighted by Gasteiger charge is -2.06. The molecule has 0 atom stereocenters. The second kappa shape index (κ2) is 7.26. The molecule has 4 heterocycles. The predicted octanol–water partition coefficient (Wildman–Crippen LogP) is 1.98. The number of amides is 1. The van der Waals surface area contributed by atoms with Crippen molar-refractivity contribution in [2.24, 2.45) is 0 Å². The van der Waals surface area contributed by atoms with Crippen molar-refractivity contribution < 1.29 is 14.5 Å². The average Bonchev–Trinajstić information content (AvgIpc) is 3.23. The van der Waals surface area contributed by atoms with Crippen LogP contribution in [-0.2, 0) is 6.54 Å². The fourth-order valence-electron chi connectivity index (χ4n) is 2.79. The zero-order chi connectivity index (χ0) is 19.7. The Morgan fingerprint density at radius 2 is 2.25 bits per heavy atom. The van der Waals surface area contributed by atoms with Crippen LogP contribution in [0.1, 0.15) is 20.9 Å². The number of pyridine rings is 2.